The fourth-order valence-corrected chi connectivity index (χ4v) is 2.00. The lowest BCUT2D eigenvalue weighted by Gasteiger charge is -2.19. The van der Waals surface area contributed by atoms with Crippen LogP contribution in [0.15, 0.2) is 0 Å². The van der Waals surface area contributed by atoms with Gasteiger partial charge in [-0.05, 0) is 18.9 Å². The molecule has 62 valence electrons. The van der Waals surface area contributed by atoms with Gasteiger partial charge in [0.25, 0.3) is 0 Å². The topological polar surface area (TPSA) is 55.4 Å². The van der Waals surface area contributed by atoms with Crippen molar-refractivity contribution in [1.29, 1.82) is 0 Å². The van der Waals surface area contributed by atoms with Gasteiger partial charge in [-0.2, -0.15) is 0 Å². The summed E-state index contributed by atoms with van der Waals surface area (Å²) < 4.78 is 0. The van der Waals surface area contributed by atoms with E-state index in [1.807, 2.05) is 0 Å². The fraction of sp³-hybridized carbons (Fsp3) is 0.857. The number of hydrogen-bond acceptors (Lipinski definition) is 3. The van der Waals surface area contributed by atoms with Gasteiger partial charge < -0.3 is 20.1 Å². The van der Waals surface area contributed by atoms with Crippen molar-refractivity contribution in [1.82, 2.24) is 10.2 Å². The van der Waals surface area contributed by atoms with Gasteiger partial charge in [-0.15, -0.1) is 0 Å². The number of fused-ring (bicyclic) bond motifs is 1. The van der Waals surface area contributed by atoms with E-state index in [0.717, 1.165) is 13.0 Å². The summed E-state index contributed by atoms with van der Waals surface area (Å²) in [5, 5.41) is 13.7. The minimum Gasteiger partial charge on any atom is -0.530 e. The second-order valence-electron chi connectivity index (χ2n) is 3.28. The molecule has 0 radical (unpaired) electrons. The maximum Gasteiger partial charge on any atom is 0.136 e. The van der Waals surface area contributed by atoms with Gasteiger partial charge in [-0.3, -0.25) is 0 Å². The average Bonchev–Trinajstić information content (AvgIpc) is 2.40. The van der Waals surface area contributed by atoms with Crippen LogP contribution in [-0.2, 0) is 0 Å². The van der Waals surface area contributed by atoms with Crippen LogP contribution >= 0.6 is 0 Å². The standard InChI is InChI=1S/C7H12N2O2/c10-7(11)9-3-5-1-2-8-6(5)4-9/h5-6,8H,1-4H2,(H,10,11)/p-1/t5-,6+/m1/s1. The number of carbonyl (C=O) groups is 1. The molecule has 2 heterocycles. The Labute approximate surface area is 65.2 Å². The number of nitrogens with one attached hydrogen (secondary N) is 1. The van der Waals surface area contributed by atoms with Crippen molar-refractivity contribution < 1.29 is 9.90 Å². The van der Waals surface area contributed by atoms with Crippen molar-refractivity contribution in [2.75, 3.05) is 19.6 Å². The number of likely N-dealkylation sites (tertiary alicyclic amines) is 1. The maximum atomic E-state index is 10.4. The van der Waals surface area contributed by atoms with Crippen LogP contribution in [0, 0.1) is 5.92 Å². The van der Waals surface area contributed by atoms with Crippen molar-refractivity contribution >= 4 is 6.09 Å². The molecule has 0 aliphatic carbocycles. The van der Waals surface area contributed by atoms with Crippen LogP contribution in [-0.4, -0.2) is 36.7 Å². The highest BCUT2D eigenvalue weighted by Crippen LogP contribution is 2.23. The van der Waals surface area contributed by atoms with E-state index in [0.29, 0.717) is 25.0 Å². The van der Waals surface area contributed by atoms with Crippen LogP contribution in [0.1, 0.15) is 6.42 Å². The molecule has 2 atom stereocenters. The molecule has 1 amide bonds. The predicted octanol–water partition coefficient (Wildman–Crippen LogP) is -1.38. The monoisotopic (exact) mass is 155 g/mol. The Kier molecular flexibility index (Phi) is 1.49. The minimum absolute atomic E-state index is 0.396. The Bertz CT molecular complexity index is 171. The zero-order chi connectivity index (χ0) is 7.84. The molecule has 0 bridgehead atoms. The summed E-state index contributed by atoms with van der Waals surface area (Å²) in [7, 11) is 0. The van der Waals surface area contributed by atoms with E-state index in [9.17, 15) is 9.90 Å². The van der Waals surface area contributed by atoms with E-state index in [1.54, 1.807) is 0 Å². The Balaban J connectivity index is 1.99. The van der Waals surface area contributed by atoms with E-state index < -0.39 is 6.09 Å². The maximum absolute atomic E-state index is 10.4. The highest BCUT2D eigenvalue weighted by molar-refractivity contribution is 5.63. The number of nitrogens with zero attached hydrogens (tertiary/aromatic N) is 1. The van der Waals surface area contributed by atoms with Crippen LogP contribution in [0.4, 0.5) is 4.79 Å². The molecular formula is C7H11N2O2-. The first-order valence-corrected chi connectivity index (χ1v) is 3.96. The average molecular weight is 155 g/mol. The molecule has 2 fully saturated rings. The van der Waals surface area contributed by atoms with Gasteiger partial charge in [0.15, 0.2) is 0 Å². The molecule has 2 aliphatic heterocycles. The lowest BCUT2D eigenvalue weighted by Crippen LogP contribution is -2.41. The molecule has 0 unspecified atom stereocenters. The second-order valence-corrected chi connectivity index (χ2v) is 3.28. The number of amides is 1. The Morgan fingerprint density at radius 3 is 3.00 bits per heavy atom. The Morgan fingerprint density at radius 1 is 1.55 bits per heavy atom. The SMILES string of the molecule is O=C([O-])N1C[C@H]2CCN[C@H]2C1. The molecular weight excluding hydrogens is 144 g/mol. The third kappa shape index (κ3) is 1.07. The van der Waals surface area contributed by atoms with Crippen LogP contribution in [0.2, 0.25) is 0 Å². The van der Waals surface area contributed by atoms with Crippen molar-refractivity contribution in [2.45, 2.75) is 12.5 Å². The van der Waals surface area contributed by atoms with E-state index >= 15 is 0 Å². The zero-order valence-corrected chi connectivity index (χ0v) is 6.25. The molecule has 2 saturated heterocycles. The summed E-state index contributed by atoms with van der Waals surface area (Å²) in [6, 6.07) is 0.396. The number of carbonyl (C=O) groups excluding carboxylic acids is 1. The normalized spacial score (nSPS) is 35.8. The summed E-state index contributed by atoms with van der Waals surface area (Å²) in [4.78, 5) is 11.8. The number of hydrogen-bond donors (Lipinski definition) is 1. The van der Waals surface area contributed by atoms with Crippen LogP contribution in [0.3, 0.4) is 0 Å². The molecule has 0 saturated carbocycles. The highest BCUT2D eigenvalue weighted by Gasteiger charge is 2.35. The van der Waals surface area contributed by atoms with Gasteiger partial charge in [0.1, 0.15) is 6.09 Å². The van der Waals surface area contributed by atoms with Crippen molar-refractivity contribution in [3.05, 3.63) is 0 Å². The number of carboxylic acid groups (broad SMARTS) is 1. The van der Waals surface area contributed by atoms with Gasteiger partial charge in [-0.1, -0.05) is 0 Å². The van der Waals surface area contributed by atoms with Gasteiger partial charge in [0, 0.05) is 19.1 Å². The molecule has 2 aliphatic rings. The van der Waals surface area contributed by atoms with Crippen molar-refractivity contribution in [3.63, 3.8) is 0 Å². The molecule has 2 rings (SSSR count). The summed E-state index contributed by atoms with van der Waals surface area (Å²) in [5.74, 6) is 0.535. The first kappa shape index (κ1) is 6.91. The van der Waals surface area contributed by atoms with Gasteiger partial charge in [0.2, 0.25) is 0 Å². The van der Waals surface area contributed by atoms with E-state index in [4.69, 9.17) is 0 Å². The van der Waals surface area contributed by atoms with Gasteiger partial charge >= 0.3 is 0 Å². The third-order valence-electron chi connectivity index (χ3n) is 2.62. The summed E-state index contributed by atoms with van der Waals surface area (Å²) in [5.41, 5.74) is 0. The zero-order valence-electron chi connectivity index (χ0n) is 6.25. The van der Waals surface area contributed by atoms with Crippen molar-refractivity contribution in [3.8, 4) is 0 Å². The lowest BCUT2D eigenvalue weighted by molar-refractivity contribution is -0.264. The Hall–Kier alpha value is -0.770. The smallest absolute Gasteiger partial charge is 0.136 e. The predicted molar refractivity (Wildman–Crippen MR) is 36.9 cm³/mol. The van der Waals surface area contributed by atoms with Crippen LogP contribution in [0.25, 0.3) is 0 Å². The minimum atomic E-state index is -1.03. The number of rotatable bonds is 0. The largest absolute Gasteiger partial charge is 0.530 e. The Morgan fingerprint density at radius 2 is 2.36 bits per heavy atom. The lowest BCUT2D eigenvalue weighted by atomic mass is 10.1. The first-order valence-electron chi connectivity index (χ1n) is 3.96. The quantitative estimate of drug-likeness (QED) is 0.469. The summed E-state index contributed by atoms with van der Waals surface area (Å²) >= 11 is 0. The molecule has 4 heteroatoms. The van der Waals surface area contributed by atoms with Gasteiger partial charge in [0.05, 0.1) is 0 Å². The molecule has 4 nitrogen and oxygen atoms in total. The van der Waals surface area contributed by atoms with E-state index in [-0.39, 0.29) is 0 Å². The molecule has 11 heavy (non-hydrogen) atoms. The second kappa shape index (κ2) is 2.37. The first-order chi connectivity index (χ1) is 5.27. The third-order valence-corrected chi connectivity index (χ3v) is 2.62. The van der Waals surface area contributed by atoms with Crippen LogP contribution < -0.4 is 10.4 Å². The van der Waals surface area contributed by atoms with Gasteiger partial charge in [-0.25, -0.2) is 0 Å². The fourth-order valence-electron chi connectivity index (χ4n) is 2.00. The molecule has 0 aromatic rings. The van der Waals surface area contributed by atoms with Crippen LogP contribution in [0.5, 0.6) is 0 Å². The van der Waals surface area contributed by atoms with E-state index in [2.05, 4.69) is 5.32 Å². The molecule has 0 aromatic heterocycles. The van der Waals surface area contributed by atoms with Crippen molar-refractivity contribution in [2.24, 2.45) is 5.92 Å². The summed E-state index contributed by atoms with van der Waals surface area (Å²) in [6.45, 7) is 2.32. The van der Waals surface area contributed by atoms with E-state index in [1.165, 1.54) is 4.90 Å². The molecule has 0 spiro atoms. The molecule has 1 N–H and O–H groups in total. The molecule has 0 aromatic carbocycles. The highest BCUT2D eigenvalue weighted by atomic mass is 16.4. The summed E-state index contributed by atoms with van der Waals surface area (Å²) in [6.07, 6.45) is 0.0789.